The maximum Gasteiger partial charge on any atom is 0.305 e. The minimum atomic E-state index is -0.746. The summed E-state index contributed by atoms with van der Waals surface area (Å²) in [5.41, 5.74) is 2.28. The van der Waals surface area contributed by atoms with Crippen LogP contribution in [0.4, 0.5) is 11.4 Å². The molecule has 98 valence electrons. The van der Waals surface area contributed by atoms with Crippen molar-refractivity contribution in [2.45, 2.75) is 12.8 Å². The molecule has 1 aliphatic heterocycles. The monoisotopic (exact) mass is 312 g/mol. The Morgan fingerprint density at radius 1 is 1.39 bits per heavy atom. The Morgan fingerprint density at radius 3 is 2.89 bits per heavy atom. The Hall–Kier alpha value is -1.23. The minimum Gasteiger partial charge on any atom is -0.481 e. The number of rotatable bonds is 3. The van der Waals surface area contributed by atoms with Crippen LogP contribution >= 0.6 is 15.9 Å². The van der Waals surface area contributed by atoms with E-state index in [9.17, 15) is 4.79 Å². The normalized spacial score (nSPS) is 15.2. The number of carbonyl (C=O) groups is 1. The molecule has 2 rings (SSSR count). The van der Waals surface area contributed by atoms with Crippen LogP contribution in [0.3, 0.4) is 0 Å². The highest BCUT2D eigenvalue weighted by atomic mass is 79.9. The van der Waals surface area contributed by atoms with Crippen LogP contribution in [0, 0.1) is 0 Å². The van der Waals surface area contributed by atoms with E-state index >= 15 is 0 Å². The lowest BCUT2D eigenvalue weighted by Crippen LogP contribution is -2.26. The Labute approximate surface area is 115 Å². The van der Waals surface area contributed by atoms with Crippen molar-refractivity contribution in [3.8, 4) is 0 Å². The zero-order valence-electron chi connectivity index (χ0n) is 10.4. The van der Waals surface area contributed by atoms with Gasteiger partial charge in [-0.25, -0.2) is 0 Å². The second-order valence-corrected chi connectivity index (χ2v) is 5.45. The maximum atomic E-state index is 10.7. The lowest BCUT2D eigenvalue weighted by molar-refractivity contribution is -0.136. The van der Waals surface area contributed by atoms with Crippen LogP contribution in [0.2, 0.25) is 0 Å². The predicted octanol–water partition coefficient (Wildman–Crippen LogP) is 2.57. The van der Waals surface area contributed by atoms with Crippen LogP contribution in [-0.2, 0) is 4.79 Å². The first-order valence-electron chi connectivity index (χ1n) is 6.05. The van der Waals surface area contributed by atoms with Gasteiger partial charge in [0.1, 0.15) is 0 Å². The number of benzene rings is 1. The van der Waals surface area contributed by atoms with Gasteiger partial charge >= 0.3 is 5.97 Å². The van der Waals surface area contributed by atoms with Gasteiger partial charge in [-0.2, -0.15) is 0 Å². The van der Waals surface area contributed by atoms with Gasteiger partial charge in [0, 0.05) is 31.2 Å². The van der Waals surface area contributed by atoms with E-state index in [1.165, 1.54) is 5.69 Å². The highest BCUT2D eigenvalue weighted by molar-refractivity contribution is 9.10. The molecule has 0 unspecified atom stereocenters. The Bertz CT molecular complexity index is 451. The number of carboxylic acid groups (broad SMARTS) is 1. The van der Waals surface area contributed by atoms with Crippen molar-refractivity contribution in [3.05, 3.63) is 22.7 Å². The van der Waals surface area contributed by atoms with Crippen molar-refractivity contribution in [1.29, 1.82) is 0 Å². The number of carboxylic acids is 1. The fourth-order valence-electron chi connectivity index (χ4n) is 2.28. The van der Waals surface area contributed by atoms with Gasteiger partial charge in [-0.1, -0.05) is 15.9 Å². The maximum absolute atomic E-state index is 10.7. The Kier molecular flexibility index (Phi) is 4.11. The summed E-state index contributed by atoms with van der Waals surface area (Å²) >= 11 is 3.48. The number of anilines is 2. The quantitative estimate of drug-likeness (QED) is 0.931. The van der Waals surface area contributed by atoms with E-state index in [2.05, 4.69) is 44.9 Å². The minimum absolute atomic E-state index is 0.176. The van der Waals surface area contributed by atoms with Crippen LogP contribution in [-0.4, -0.2) is 37.8 Å². The third kappa shape index (κ3) is 2.96. The van der Waals surface area contributed by atoms with E-state index in [0.29, 0.717) is 6.54 Å². The molecular weight excluding hydrogens is 296 g/mol. The zero-order valence-corrected chi connectivity index (χ0v) is 12.0. The van der Waals surface area contributed by atoms with Crippen LogP contribution in [0.1, 0.15) is 12.8 Å². The molecule has 4 nitrogen and oxygen atoms in total. The van der Waals surface area contributed by atoms with Gasteiger partial charge in [-0.3, -0.25) is 4.79 Å². The lowest BCUT2D eigenvalue weighted by Gasteiger charge is -2.25. The number of hydrogen-bond acceptors (Lipinski definition) is 3. The fourth-order valence-corrected chi connectivity index (χ4v) is 2.62. The van der Waals surface area contributed by atoms with E-state index in [1.54, 1.807) is 0 Å². The molecule has 0 aromatic heterocycles. The number of halogens is 1. The van der Waals surface area contributed by atoms with Gasteiger partial charge in [-0.15, -0.1) is 0 Å². The molecule has 18 heavy (non-hydrogen) atoms. The van der Waals surface area contributed by atoms with Gasteiger partial charge in [0.15, 0.2) is 0 Å². The van der Waals surface area contributed by atoms with E-state index in [4.69, 9.17) is 5.11 Å². The molecule has 1 N–H and O–H groups in total. The highest BCUT2D eigenvalue weighted by Crippen LogP contribution is 2.34. The first-order valence-corrected chi connectivity index (χ1v) is 6.84. The van der Waals surface area contributed by atoms with Crippen molar-refractivity contribution in [3.63, 3.8) is 0 Å². The number of aliphatic carboxylic acids is 1. The van der Waals surface area contributed by atoms with Gasteiger partial charge < -0.3 is 14.9 Å². The Morgan fingerprint density at radius 2 is 2.17 bits per heavy atom. The SMILES string of the molecule is CN1CCCN(CCC(=O)O)c2cc(Br)ccc21. The molecule has 0 radical (unpaired) electrons. The molecule has 1 aliphatic rings. The third-order valence-electron chi connectivity index (χ3n) is 3.21. The number of fused-ring (bicyclic) bond motifs is 1. The van der Waals surface area contributed by atoms with Gasteiger partial charge in [0.25, 0.3) is 0 Å². The molecule has 1 aromatic carbocycles. The molecule has 0 amide bonds. The zero-order chi connectivity index (χ0) is 13.1. The summed E-state index contributed by atoms with van der Waals surface area (Å²) < 4.78 is 1.02. The summed E-state index contributed by atoms with van der Waals surface area (Å²) in [6.07, 6.45) is 1.22. The largest absolute Gasteiger partial charge is 0.481 e. The summed E-state index contributed by atoms with van der Waals surface area (Å²) in [5.74, 6) is -0.746. The summed E-state index contributed by atoms with van der Waals surface area (Å²) in [7, 11) is 2.08. The molecule has 0 bridgehead atoms. The molecular formula is C13H17BrN2O2. The third-order valence-corrected chi connectivity index (χ3v) is 3.70. The lowest BCUT2D eigenvalue weighted by atomic mass is 10.2. The highest BCUT2D eigenvalue weighted by Gasteiger charge is 2.19. The fraction of sp³-hybridized carbons (Fsp3) is 0.462. The first kappa shape index (κ1) is 13.2. The molecule has 0 fully saturated rings. The first-order chi connectivity index (χ1) is 8.58. The molecule has 0 saturated heterocycles. The van der Waals surface area contributed by atoms with Crippen molar-refractivity contribution >= 4 is 33.3 Å². The smallest absolute Gasteiger partial charge is 0.305 e. The van der Waals surface area contributed by atoms with E-state index < -0.39 is 5.97 Å². The summed E-state index contributed by atoms with van der Waals surface area (Å²) in [6, 6.07) is 6.17. The molecule has 0 spiro atoms. The predicted molar refractivity (Wildman–Crippen MR) is 76.5 cm³/mol. The van der Waals surface area contributed by atoms with Gasteiger partial charge in [0.05, 0.1) is 17.8 Å². The second kappa shape index (κ2) is 5.61. The van der Waals surface area contributed by atoms with Crippen LogP contribution in [0.15, 0.2) is 22.7 Å². The topological polar surface area (TPSA) is 43.8 Å². The molecule has 0 atom stereocenters. The van der Waals surface area contributed by atoms with E-state index in [0.717, 1.165) is 29.7 Å². The van der Waals surface area contributed by atoms with Crippen LogP contribution in [0.25, 0.3) is 0 Å². The second-order valence-electron chi connectivity index (χ2n) is 4.54. The molecule has 0 saturated carbocycles. The molecule has 1 aromatic rings. The molecule has 0 aliphatic carbocycles. The summed E-state index contributed by atoms with van der Waals surface area (Å²) in [6.45, 7) is 2.46. The van der Waals surface area contributed by atoms with Crippen LogP contribution < -0.4 is 9.80 Å². The van der Waals surface area contributed by atoms with Gasteiger partial charge in [-0.05, 0) is 24.6 Å². The number of nitrogens with zero attached hydrogens (tertiary/aromatic N) is 2. The van der Waals surface area contributed by atoms with E-state index in [1.807, 2.05) is 6.07 Å². The van der Waals surface area contributed by atoms with E-state index in [-0.39, 0.29) is 6.42 Å². The van der Waals surface area contributed by atoms with Crippen molar-refractivity contribution < 1.29 is 9.90 Å². The van der Waals surface area contributed by atoms with Crippen LogP contribution in [0.5, 0.6) is 0 Å². The average molecular weight is 313 g/mol. The molecule has 1 heterocycles. The standard InChI is InChI=1S/C13H17BrN2O2/c1-15-6-2-7-16(8-5-13(17)18)12-9-10(14)3-4-11(12)15/h3-4,9H,2,5-8H2,1H3,(H,17,18). The van der Waals surface area contributed by atoms with Crippen molar-refractivity contribution in [2.24, 2.45) is 0 Å². The average Bonchev–Trinajstić information content (AvgIpc) is 2.46. The Balaban J connectivity index is 2.29. The number of hydrogen-bond donors (Lipinski definition) is 1. The van der Waals surface area contributed by atoms with Crippen molar-refractivity contribution in [2.75, 3.05) is 36.5 Å². The van der Waals surface area contributed by atoms with Crippen molar-refractivity contribution in [1.82, 2.24) is 0 Å². The van der Waals surface area contributed by atoms with Gasteiger partial charge in [0.2, 0.25) is 0 Å². The summed E-state index contributed by atoms with van der Waals surface area (Å²) in [5, 5.41) is 8.82. The summed E-state index contributed by atoms with van der Waals surface area (Å²) in [4.78, 5) is 15.1. The molecule has 5 heteroatoms.